The first-order valence-corrected chi connectivity index (χ1v) is 11.2. The SMILES string of the molecule is NC1CCC(=O)NC(C(=O)NCC(=O)O)CSSCC(C(=O)NCC(=O)O)NC1=O. The number of amides is 4. The average molecular weight is 466 g/mol. The molecule has 0 aliphatic carbocycles. The number of aliphatic carboxylic acids is 2. The van der Waals surface area contributed by atoms with Gasteiger partial charge in [-0.3, -0.25) is 28.8 Å². The minimum atomic E-state index is -1.25. The number of carbonyl (C=O) groups is 6. The summed E-state index contributed by atoms with van der Waals surface area (Å²) >= 11 is 0. The molecular formula is C15H23N5O8S2. The second-order valence-corrected chi connectivity index (χ2v) is 8.67. The van der Waals surface area contributed by atoms with Gasteiger partial charge >= 0.3 is 11.9 Å². The van der Waals surface area contributed by atoms with Crippen molar-refractivity contribution in [3.05, 3.63) is 0 Å². The van der Waals surface area contributed by atoms with Gasteiger partial charge in [-0.05, 0) is 6.42 Å². The van der Waals surface area contributed by atoms with Crippen molar-refractivity contribution in [2.24, 2.45) is 5.73 Å². The molecule has 1 fully saturated rings. The lowest BCUT2D eigenvalue weighted by molar-refractivity contribution is -0.138. The van der Waals surface area contributed by atoms with Gasteiger partial charge in [-0.2, -0.15) is 0 Å². The molecule has 0 aromatic rings. The Balaban J connectivity index is 2.85. The van der Waals surface area contributed by atoms with Crippen LogP contribution in [-0.2, 0) is 28.8 Å². The van der Waals surface area contributed by atoms with Crippen molar-refractivity contribution in [2.75, 3.05) is 24.6 Å². The van der Waals surface area contributed by atoms with Crippen molar-refractivity contribution in [1.29, 1.82) is 0 Å². The summed E-state index contributed by atoms with van der Waals surface area (Å²) in [6.07, 6.45) is -0.240. The Kier molecular flexibility index (Phi) is 11.0. The van der Waals surface area contributed by atoms with E-state index in [2.05, 4.69) is 21.3 Å². The highest BCUT2D eigenvalue weighted by Gasteiger charge is 2.27. The molecule has 0 bridgehead atoms. The van der Waals surface area contributed by atoms with Crippen LogP contribution in [0.1, 0.15) is 12.8 Å². The molecular weight excluding hydrogens is 442 g/mol. The molecule has 1 heterocycles. The third kappa shape index (κ3) is 9.80. The number of nitrogens with one attached hydrogen (secondary N) is 4. The fourth-order valence-corrected chi connectivity index (χ4v) is 4.46. The summed E-state index contributed by atoms with van der Waals surface area (Å²) in [7, 11) is 2.21. The summed E-state index contributed by atoms with van der Waals surface area (Å²) in [5, 5.41) is 26.6. The highest BCUT2D eigenvalue weighted by molar-refractivity contribution is 8.76. The molecule has 4 amide bonds. The summed E-state index contributed by atoms with van der Waals surface area (Å²) in [5.41, 5.74) is 5.75. The van der Waals surface area contributed by atoms with E-state index in [-0.39, 0.29) is 24.3 Å². The molecule has 0 aromatic heterocycles. The van der Waals surface area contributed by atoms with Crippen LogP contribution in [-0.4, -0.2) is 88.5 Å². The topological polar surface area (TPSA) is 217 Å². The molecule has 168 valence electrons. The van der Waals surface area contributed by atoms with E-state index in [1.807, 2.05) is 0 Å². The molecule has 1 saturated heterocycles. The second-order valence-electron chi connectivity index (χ2n) is 6.12. The maximum Gasteiger partial charge on any atom is 0.322 e. The number of carboxylic acid groups (broad SMARTS) is 2. The zero-order valence-corrected chi connectivity index (χ0v) is 17.3. The highest BCUT2D eigenvalue weighted by Crippen LogP contribution is 2.23. The fraction of sp³-hybridized carbons (Fsp3) is 0.600. The van der Waals surface area contributed by atoms with E-state index < -0.39 is 66.8 Å². The Bertz CT molecular complexity index is 692. The van der Waals surface area contributed by atoms with Gasteiger partial charge in [-0.1, -0.05) is 21.6 Å². The third-order valence-electron chi connectivity index (χ3n) is 3.68. The first kappa shape index (κ1) is 25.5. The predicted molar refractivity (Wildman–Crippen MR) is 107 cm³/mol. The van der Waals surface area contributed by atoms with Gasteiger partial charge in [0.1, 0.15) is 25.2 Å². The summed E-state index contributed by atoms with van der Waals surface area (Å²) < 4.78 is 0. The maximum absolute atomic E-state index is 12.2. The smallest absolute Gasteiger partial charge is 0.322 e. The van der Waals surface area contributed by atoms with Crippen LogP contribution in [0.5, 0.6) is 0 Å². The van der Waals surface area contributed by atoms with Gasteiger partial charge in [-0.25, -0.2) is 0 Å². The Morgan fingerprint density at radius 3 is 1.87 bits per heavy atom. The van der Waals surface area contributed by atoms with Crippen molar-refractivity contribution in [3.8, 4) is 0 Å². The zero-order chi connectivity index (χ0) is 22.7. The molecule has 8 N–H and O–H groups in total. The van der Waals surface area contributed by atoms with Crippen LogP contribution in [0.3, 0.4) is 0 Å². The summed E-state index contributed by atoms with van der Waals surface area (Å²) in [5.74, 6) is -5.04. The van der Waals surface area contributed by atoms with Crippen LogP contribution in [0.25, 0.3) is 0 Å². The van der Waals surface area contributed by atoms with E-state index in [0.717, 1.165) is 21.6 Å². The summed E-state index contributed by atoms with van der Waals surface area (Å²) in [4.78, 5) is 69.9. The quantitative estimate of drug-likeness (QED) is 0.194. The van der Waals surface area contributed by atoms with E-state index in [9.17, 15) is 28.8 Å². The van der Waals surface area contributed by atoms with Crippen molar-refractivity contribution in [1.82, 2.24) is 21.3 Å². The lowest BCUT2D eigenvalue weighted by Gasteiger charge is -2.19. The minimum Gasteiger partial charge on any atom is -0.480 e. The Labute approximate surface area is 179 Å². The van der Waals surface area contributed by atoms with Crippen LogP contribution in [0.15, 0.2) is 0 Å². The summed E-state index contributed by atoms with van der Waals surface area (Å²) in [6.45, 7) is -1.24. The summed E-state index contributed by atoms with van der Waals surface area (Å²) in [6, 6.07) is -3.22. The zero-order valence-electron chi connectivity index (χ0n) is 15.7. The molecule has 0 spiro atoms. The first-order valence-electron chi connectivity index (χ1n) is 8.69. The van der Waals surface area contributed by atoms with Crippen LogP contribution in [0.4, 0.5) is 0 Å². The molecule has 15 heteroatoms. The van der Waals surface area contributed by atoms with E-state index in [1.54, 1.807) is 0 Å². The largest absolute Gasteiger partial charge is 0.480 e. The lowest BCUT2D eigenvalue weighted by Crippen LogP contribution is -2.53. The van der Waals surface area contributed by atoms with Gasteiger partial charge in [0, 0.05) is 17.9 Å². The molecule has 0 aromatic carbocycles. The van der Waals surface area contributed by atoms with E-state index in [1.165, 1.54) is 0 Å². The number of carbonyl (C=O) groups excluding carboxylic acids is 4. The second kappa shape index (κ2) is 12.9. The molecule has 30 heavy (non-hydrogen) atoms. The average Bonchev–Trinajstić information content (AvgIpc) is 2.69. The van der Waals surface area contributed by atoms with Crippen molar-refractivity contribution in [3.63, 3.8) is 0 Å². The molecule has 13 nitrogen and oxygen atoms in total. The van der Waals surface area contributed by atoms with Crippen molar-refractivity contribution in [2.45, 2.75) is 31.0 Å². The van der Waals surface area contributed by atoms with Gasteiger partial charge in [0.15, 0.2) is 0 Å². The minimum absolute atomic E-state index is 0.0337. The van der Waals surface area contributed by atoms with E-state index >= 15 is 0 Å². The van der Waals surface area contributed by atoms with Gasteiger partial charge < -0.3 is 37.2 Å². The number of hydrogen-bond acceptors (Lipinski definition) is 9. The van der Waals surface area contributed by atoms with Crippen molar-refractivity contribution < 1.29 is 39.0 Å². The van der Waals surface area contributed by atoms with Crippen LogP contribution >= 0.6 is 21.6 Å². The third-order valence-corrected chi connectivity index (χ3v) is 6.11. The normalized spacial score (nSPS) is 23.4. The predicted octanol–water partition coefficient (Wildman–Crippen LogP) is -3.14. The first-order chi connectivity index (χ1) is 14.1. The number of rotatable bonds is 6. The Morgan fingerprint density at radius 2 is 1.40 bits per heavy atom. The molecule has 3 atom stereocenters. The molecule has 1 rings (SSSR count). The van der Waals surface area contributed by atoms with Gasteiger partial charge in [-0.15, -0.1) is 0 Å². The van der Waals surface area contributed by atoms with Crippen LogP contribution in [0, 0.1) is 0 Å². The van der Waals surface area contributed by atoms with Crippen molar-refractivity contribution >= 4 is 57.2 Å². The highest BCUT2D eigenvalue weighted by atomic mass is 33.1. The molecule has 1 aliphatic rings. The number of nitrogens with two attached hydrogens (primary N) is 1. The molecule has 0 radical (unpaired) electrons. The van der Waals surface area contributed by atoms with Gasteiger partial charge in [0.2, 0.25) is 23.6 Å². The van der Waals surface area contributed by atoms with E-state index in [0.29, 0.717) is 0 Å². The number of carboxylic acids is 2. The Morgan fingerprint density at radius 1 is 0.933 bits per heavy atom. The van der Waals surface area contributed by atoms with Crippen LogP contribution in [0.2, 0.25) is 0 Å². The molecule has 1 aliphatic heterocycles. The standard InChI is InChI=1S/C15H23N5O8S2/c16-7-1-2-10(21)19-8(14(27)17-3-11(22)23)5-29-30-6-9(20-13(7)26)15(28)18-4-12(24)25/h7-9H,1-6,16H2,(H,17,27)(H,18,28)(H,19,21)(H,20,26)(H,22,23)(H,24,25). The van der Waals surface area contributed by atoms with E-state index in [4.69, 9.17) is 15.9 Å². The van der Waals surface area contributed by atoms with Crippen LogP contribution < -0.4 is 27.0 Å². The Hall–Kier alpha value is -2.52. The fourth-order valence-electron chi connectivity index (χ4n) is 2.13. The van der Waals surface area contributed by atoms with Gasteiger partial charge in [0.05, 0.1) is 6.04 Å². The maximum atomic E-state index is 12.2. The molecule has 0 saturated carbocycles. The van der Waals surface area contributed by atoms with Gasteiger partial charge in [0.25, 0.3) is 0 Å². The monoisotopic (exact) mass is 465 g/mol. The lowest BCUT2D eigenvalue weighted by atomic mass is 10.1. The number of hydrogen-bond donors (Lipinski definition) is 7. The molecule has 3 unspecified atom stereocenters.